The molecule has 1 spiro atoms. The van der Waals surface area contributed by atoms with Gasteiger partial charge in [0.2, 0.25) is 0 Å². The van der Waals surface area contributed by atoms with E-state index in [0.29, 0.717) is 18.8 Å². The number of ether oxygens (including phenoxy) is 1. The number of halogens is 1. The summed E-state index contributed by atoms with van der Waals surface area (Å²) in [4.78, 5) is 14.0. The lowest BCUT2D eigenvalue weighted by atomic mass is 9.53. The van der Waals surface area contributed by atoms with Crippen molar-refractivity contribution in [1.82, 2.24) is 4.90 Å². The number of aliphatic hydroxyl groups is 1. The second-order valence-electron chi connectivity index (χ2n) is 6.68. The van der Waals surface area contributed by atoms with Gasteiger partial charge in [-0.3, -0.25) is 4.79 Å². The Kier molecular flexibility index (Phi) is 3.85. The highest BCUT2D eigenvalue weighted by Crippen LogP contribution is 2.56. The van der Waals surface area contributed by atoms with Crippen molar-refractivity contribution in [3.63, 3.8) is 0 Å². The van der Waals surface area contributed by atoms with Crippen LogP contribution in [0, 0.1) is 11.2 Å². The van der Waals surface area contributed by atoms with Crippen molar-refractivity contribution in [2.45, 2.75) is 38.2 Å². The SMILES string of the molecule is CC1(O)CCC12CCN(C(=O)COc1ccc(F)cc1)CC2. The van der Waals surface area contributed by atoms with Crippen molar-refractivity contribution in [2.24, 2.45) is 5.41 Å². The van der Waals surface area contributed by atoms with E-state index in [1.165, 1.54) is 24.3 Å². The van der Waals surface area contributed by atoms with Crippen molar-refractivity contribution >= 4 is 5.91 Å². The summed E-state index contributed by atoms with van der Waals surface area (Å²) in [7, 11) is 0. The van der Waals surface area contributed by atoms with Crippen LogP contribution in [-0.4, -0.2) is 41.2 Å². The molecule has 1 aromatic carbocycles. The predicted octanol–water partition coefficient (Wildman–Crippen LogP) is 2.36. The Morgan fingerprint density at radius 2 is 1.86 bits per heavy atom. The highest BCUT2D eigenvalue weighted by atomic mass is 19.1. The summed E-state index contributed by atoms with van der Waals surface area (Å²) in [5, 5.41) is 10.3. The molecule has 1 aromatic rings. The molecule has 1 aliphatic carbocycles. The van der Waals surface area contributed by atoms with E-state index < -0.39 is 5.60 Å². The first-order chi connectivity index (χ1) is 10.4. The Labute approximate surface area is 129 Å². The van der Waals surface area contributed by atoms with Gasteiger partial charge in [0.15, 0.2) is 6.61 Å². The van der Waals surface area contributed by atoms with Crippen LogP contribution in [0.15, 0.2) is 24.3 Å². The smallest absolute Gasteiger partial charge is 0.260 e. The zero-order valence-electron chi connectivity index (χ0n) is 12.8. The Bertz CT molecular complexity index is 548. The highest BCUT2D eigenvalue weighted by Gasteiger charge is 2.55. The molecule has 2 fully saturated rings. The van der Waals surface area contributed by atoms with Gasteiger partial charge in [-0.2, -0.15) is 0 Å². The number of likely N-dealkylation sites (tertiary alicyclic amines) is 1. The standard InChI is InChI=1S/C17H22FNO3/c1-16(21)6-7-17(16)8-10-19(11-9-17)15(20)12-22-14-4-2-13(18)3-5-14/h2-5,21H,6-12H2,1H3. The van der Waals surface area contributed by atoms with E-state index in [2.05, 4.69) is 0 Å². The van der Waals surface area contributed by atoms with E-state index in [9.17, 15) is 14.3 Å². The van der Waals surface area contributed by atoms with Crippen LogP contribution in [-0.2, 0) is 4.79 Å². The fourth-order valence-corrected chi connectivity index (χ4v) is 3.58. The maximum absolute atomic E-state index is 12.8. The van der Waals surface area contributed by atoms with E-state index >= 15 is 0 Å². The molecule has 120 valence electrons. The first-order valence-corrected chi connectivity index (χ1v) is 7.80. The Balaban J connectivity index is 1.49. The van der Waals surface area contributed by atoms with E-state index in [-0.39, 0.29) is 23.7 Å². The molecular weight excluding hydrogens is 285 g/mol. The molecule has 1 N–H and O–H groups in total. The molecule has 22 heavy (non-hydrogen) atoms. The molecule has 1 saturated heterocycles. The summed E-state index contributed by atoms with van der Waals surface area (Å²) >= 11 is 0. The van der Waals surface area contributed by atoms with Crippen molar-refractivity contribution < 1.29 is 19.0 Å². The normalized spacial score (nSPS) is 26.6. The third-order valence-corrected chi connectivity index (χ3v) is 5.48. The molecule has 0 aromatic heterocycles. The number of nitrogens with zero attached hydrogens (tertiary/aromatic N) is 1. The zero-order chi connectivity index (χ0) is 15.8. The third kappa shape index (κ3) is 2.70. The molecule has 1 amide bonds. The lowest BCUT2D eigenvalue weighted by molar-refractivity contribution is -0.180. The molecule has 0 radical (unpaired) electrons. The first kappa shape index (κ1) is 15.3. The van der Waals surface area contributed by atoms with Crippen LogP contribution < -0.4 is 4.74 Å². The summed E-state index contributed by atoms with van der Waals surface area (Å²) in [6.07, 6.45) is 3.60. The van der Waals surface area contributed by atoms with Crippen LogP contribution in [0.1, 0.15) is 32.6 Å². The second-order valence-corrected chi connectivity index (χ2v) is 6.68. The van der Waals surface area contributed by atoms with E-state index in [1.807, 2.05) is 6.92 Å². The predicted molar refractivity (Wildman–Crippen MR) is 80.0 cm³/mol. The first-order valence-electron chi connectivity index (χ1n) is 7.80. The number of rotatable bonds is 3. The molecule has 4 nitrogen and oxygen atoms in total. The molecule has 1 unspecified atom stereocenters. The molecular formula is C17H22FNO3. The van der Waals surface area contributed by atoms with Crippen LogP contribution in [0.3, 0.4) is 0 Å². The van der Waals surface area contributed by atoms with Gasteiger partial charge in [-0.1, -0.05) is 0 Å². The van der Waals surface area contributed by atoms with Gasteiger partial charge in [0.25, 0.3) is 5.91 Å². The van der Waals surface area contributed by atoms with Crippen LogP contribution in [0.25, 0.3) is 0 Å². The Morgan fingerprint density at radius 3 is 2.36 bits per heavy atom. The summed E-state index contributed by atoms with van der Waals surface area (Å²) in [5.74, 6) is 0.107. The van der Waals surface area contributed by atoms with Crippen LogP contribution in [0.2, 0.25) is 0 Å². The number of piperidine rings is 1. The van der Waals surface area contributed by atoms with Crippen LogP contribution in [0.4, 0.5) is 4.39 Å². The van der Waals surface area contributed by atoms with Gasteiger partial charge in [0.05, 0.1) is 5.60 Å². The van der Waals surface area contributed by atoms with Crippen molar-refractivity contribution in [3.8, 4) is 5.75 Å². The van der Waals surface area contributed by atoms with Crippen LogP contribution in [0.5, 0.6) is 5.75 Å². The molecule has 1 saturated carbocycles. The minimum Gasteiger partial charge on any atom is -0.484 e. The second kappa shape index (κ2) is 5.54. The third-order valence-electron chi connectivity index (χ3n) is 5.48. The highest BCUT2D eigenvalue weighted by molar-refractivity contribution is 5.77. The zero-order valence-corrected chi connectivity index (χ0v) is 12.8. The van der Waals surface area contributed by atoms with Crippen molar-refractivity contribution in [3.05, 3.63) is 30.1 Å². The largest absolute Gasteiger partial charge is 0.484 e. The summed E-state index contributed by atoms with van der Waals surface area (Å²) < 4.78 is 18.2. The fraction of sp³-hybridized carbons (Fsp3) is 0.588. The van der Waals surface area contributed by atoms with Crippen molar-refractivity contribution in [2.75, 3.05) is 19.7 Å². The van der Waals surface area contributed by atoms with Gasteiger partial charge in [-0.25, -0.2) is 4.39 Å². The Hall–Kier alpha value is -1.62. The number of carbonyl (C=O) groups excluding carboxylic acids is 1. The molecule has 1 atom stereocenters. The molecule has 1 heterocycles. The molecule has 3 rings (SSSR count). The quantitative estimate of drug-likeness (QED) is 0.932. The summed E-state index contributed by atoms with van der Waals surface area (Å²) in [6, 6.07) is 5.64. The van der Waals surface area contributed by atoms with Gasteiger partial charge in [0.1, 0.15) is 11.6 Å². The minimum atomic E-state index is -0.577. The van der Waals surface area contributed by atoms with Crippen LogP contribution >= 0.6 is 0 Å². The van der Waals surface area contributed by atoms with Crippen molar-refractivity contribution in [1.29, 1.82) is 0 Å². The Morgan fingerprint density at radius 1 is 1.23 bits per heavy atom. The van der Waals surface area contributed by atoms with E-state index in [4.69, 9.17) is 4.74 Å². The topological polar surface area (TPSA) is 49.8 Å². The molecule has 0 bridgehead atoms. The lowest BCUT2D eigenvalue weighted by Gasteiger charge is -2.58. The molecule has 5 heteroatoms. The van der Waals surface area contributed by atoms with E-state index in [0.717, 1.165) is 25.7 Å². The fourth-order valence-electron chi connectivity index (χ4n) is 3.58. The monoisotopic (exact) mass is 307 g/mol. The molecule has 1 aliphatic heterocycles. The lowest BCUT2D eigenvalue weighted by Crippen LogP contribution is -2.60. The number of benzene rings is 1. The van der Waals surface area contributed by atoms with Gasteiger partial charge in [-0.15, -0.1) is 0 Å². The van der Waals surface area contributed by atoms with Gasteiger partial charge >= 0.3 is 0 Å². The minimum absolute atomic E-state index is 0.00158. The van der Waals surface area contributed by atoms with E-state index in [1.54, 1.807) is 4.90 Å². The maximum atomic E-state index is 12.8. The van der Waals surface area contributed by atoms with Gasteiger partial charge in [0, 0.05) is 18.5 Å². The van der Waals surface area contributed by atoms with Gasteiger partial charge < -0.3 is 14.7 Å². The summed E-state index contributed by atoms with van der Waals surface area (Å²) in [6.45, 7) is 3.21. The number of carbonyl (C=O) groups is 1. The average molecular weight is 307 g/mol. The number of hydrogen-bond donors (Lipinski definition) is 1. The molecule has 2 aliphatic rings. The number of amides is 1. The van der Waals surface area contributed by atoms with Gasteiger partial charge in [-0.05, 0) is 56.9 Å². The number of hydrogen-bond acceptors (Lipinski definition) is 3. The maximum Gasteiger partial charge on any atom is 0.260 e. The summed E-state index contributed by atoms with van der Waals surface area (Å²) in [5.41, 5.74) is -0.575. The average Bonchev–Trinajstić information content (AvgIpc) is 2.53.